The van der Waals surface area contributed by atoms with Gasteiger partial charge in [0.05, 0.1) is 29.5 Å². The lowest BCUT2D eigenvalue weighted by Crippen LogP contribution is -2.55. The monoisotopic (exact) mass is 355 g/mol. The maximum Gasteiger partial charge on any atom is 0.240 e. The number of hydrogen-bond acceptors (Lipinski definition) is 5. The zero-order valence-electron chi connectivity index (χ0n) is 12.4. The van der Waals surface area contributed by atoms with Crippen molar-refractivity contribution in [3.63, 3.8) is 0 Å². The van der Waals surface area contributed by atoms with Crippen LogP contribution in [0.1, 0.15) is 37.5 Å². The Morgan fingerprint density at radius 1 is 1.62 bits per heavy atom. The number of rotatable bonds is 4. The largest absolute Gasteiger partial charge is 0.375 e. The summed E-state index contributed by atoms with van der Waals surface area (Å²) in [6.07, 6.45) is 0.836. The summed E-state index contributed by atoms with van der Waals surface area (Å²) in [5.41, 5.74) is 0.930. The third kappa shape index (κ3) is 5.38. The molecule has 0 aliphatic carbocycles. The highest BCUT2D eigenvalue weighted by atomic mass is 35.5. The molecule has 1 aliphatic rings. The van der Waals surface area contributed by atoms with E-state index in [1.807, 2.05) is 19.2 Å². The minimum atomic E-state index is -0.277. The molecule has 0 bridgehead atoms. The van der Waals surface area contributed by atoms with Crippen LogP contribution in [0.15, 0.2) is 5.38 Å². The number of aryl methyl sites for hydroxylation is 1. The van der Waals surface area contributed by atoms with Crippen LogP contribution < -0.4 is 10.6 Å². The predicted octanol–water partition coefficient (Wildman–Crippen LogP) is 2.10. The molecule has 1 amide bonds. The summed E-state index contributed by atoms with van der Waals surface area (Å²) in [5, 5.41) is 9.30. The second-order valence-electron chi connectivity index (χ2n) is 4.76. The molecule has 1 aliphatic heterocycles. The topological polar surface area (TPSA) is 63.2 Å². The number of halogens is 2. The number of amides is 1. The zero-order chi connectivity index (χ0) is 13.8. The van der Waals surface area contributed by atoms with Crippen LogP contribution in [0, 0.1) is 0 Å². The molecule has 1 aromatic rings. The highest BCUT2D eigenvalue weighted by Gasteiger charge is 2.29. The van der Waals surface area contributed by atoms with Crippen molar-refractivity contribution in [1.82, 2.24) is 15.6 Å². The van der Waals surface area contributed by atoms with E-state index in [2.05, 4.69) is 22.5 Å². The number of aromatic nitrogens is 1. The molecule has 1 aromatic heterocycles. The van der Waals surface area contributed by atoms with Crippen molar-refractivity contribution in [2.24, 2.45) is 0 Å². The summed E-state index contributed by atoms with van der Waals surface area (Å²) in [6, 6.07) is -0.347. The second kappa shape index (κ2) is 9.58. The maximum absolute atomic E-state index is 12.2. The Bertz CT molecular complexity index is 445. The van der Waals surface area contributed by atoms with E-state index in [1.165, 1.54) is 0 Å². The number of hydrogen-bond donors (Lipinski definition) is 2. The van der Waals surface area contributed by atoms with E-state index in [1.54, 1.807) is 11.3 Å². The van der Waals surface area contributed by atoms with Crippen molar-refractivity contribution in [2.75, 3.05) is 13.2 Å². The molecule has 122 valence electrons. The lowest BCUT2D eigenvalue weighted by molar-refractivity contribution is -0.129. The summed E-state index contributed by atoms with van der Waals surface area (Å²) in [4.78, 5) is 16.7. The number of nitrogens with zero attached hydrogens (tertiary/aromatic N) is 1. The van der Waals surface area contributed by atoms with Crippen molar-refractivity contribution < 1.29 is 9.53 Å². The number of nitrogens with one attached hydrogen (secondary N) is 2. The molecule has 1 unspecified atom stereocenters. The van der Waals surface area contributed by atoms with Crippen LogP contribution in [0.3, 0.4) is 0 Å². The SMILES string of the molecule is CCc1nc(C(C)NC(=O)[C@H]2NCCO[C@@H]2C)cs1.Cl.Cl. The number of morpholine rings is 1. The number of carbonyl (C=O) groups is 1. The van der Waals surface area contributed by atoms with E-state index < -0.39 is 0 Å². The van der Waals surface area contributed by atoms with E-state index in [9.17, 15) is 4.79 Å². The van der Waals surface area contributed by atoms with Gasteiger partial charge < -0.3 is 15.4 Å². The van der Waals surface area contributed by atoms with E-state index >= 15 is 0 Å². The fourth-order valence-corrected chi connectivity index (χ4v) is 2.93. The third-order valence-electron chi connectivity index (χ3n) is 3.27. The average Bonchev–Trinajstić information content (AvgIpc) is 2.88. The van der Waals surface area contributed by atoms with Gasteiger partial charge in [-0.3, -0.25) is 4.79 Å². The van der Waals surface area contributed by atoms with Gasteiger partial charge in [0.25, 0.3) is 0 Å². The van der Waals surface area contributed by atoms with Crippen molar-refractivity contribution in [3.8, 4) is 0 Å². The van der Waals surface area contributed by atoms with Gasteiger partial charge >= 0.3 is 0 Å². The first kappa shape index (κ1) is 20.6. The molecular formula is C13H23Cl2N3O2S. The molecule has 0 radical (unpaired) electrons. The Morgan fingerprint density at radius 3 is 2.90 bits per heavy atom. The molecule has 0 aromatic carbocycles. The maximum atomic E-state index is 12.2. The molecule has 0 spiro atoms. The Kier molecular flexibility index (Phi) is 9.40. The first-order valence-corrected chi connectivity index (χ1v) is 7.59. The molecule has 2 heterocycles. The van der Waals surface area contributed by atoms with Crippen LogP contribution in [-0.2, 0) is 16.0 Å². The number of carbonyl (C=O) groups excluding carboxylic acids is 1. The van der Waals surface area contributed by atoms with Gasteiger partial charge in [0.1, 0.15) is 6.04 Å². The summed E-state index contributed by atoms with van der Waals surface area (Å²) in [7, 11) is 0. The highest BCUT2D eigenvalue weighted by molar-refractivity contribution is 7.09. The van der Waals surface area contributed by atoms with Crippen LogP contribution >= 0.6 is 36.2 Å². The van der Waals surface area contributed by atoms with Gasteiger partial charge in [-0.05, 0) is 20.3 Å². The van der Waals surface area contributed by atoms with Gasteiger partial charge in [0.15, 0.2) is 0 Å². The Labute approximate surface area is 142 Å². The van der Waals surface area contributed by atoms with E-state index in [0.29, 0.717) is 13.2 Å². The molecule has 21 heavy (non-hydrogen) atoms. The quantitative estimate of drug-likeness (QED) is 0.867. The van der Waals surface area contributed by atoms with E-state index in [4.69, 9.17) is 4.74 Å². The van der Waals surface area contributed by atoms with Crippen molar-refractivity contribution in [2.45, 2.75) is 45.4 Å². The van der Waals surface area contributed by atoms with Gasteiger partial charge in [-0.1, -0.05) is 6.92 Å². The first-order chi connectivity index (χ1) is 9.11. The third-order valence-corrected chi connectivity index (χ3v) is 4.28. The van der Waals surface area contributed by atoms with Crippen molar-refractivity contribution >= 4 is 42.1 Å². The fraction of sp³-hybridized carbons (Fsp3) is 0.692. The molecule has 8 heteroatoms. The molecule has 3 atom stereocenters. The standard InChI is InChI=1S/C13H21N3O2S.2ClH/c1-4-11-16-10(7-19-11)8(2)15-13(17)12-9(3)18-6-5-14-12;;/h7-9,12,14H,4-6H2,1-3H3,(H,15,17);2*1H/t8?,9-,12+;;/m1../s1. The molecule has 1 fully saturated rings. The smallest absolute Gasteiger partial charge is 0.240 e. The van der Waals surface area contributed by atoms with Crippen molar-refractivity contribution in [3.05, 3.63) is 16.1 Å². The Hall–Kier alpha value is -0.400. The normalized spacial score (nSPS) is 22.6. The Morgan fingerprint density at radius 2 is 2.33 bits per heavy atom. The molecule has 1 saturated heterocycles. The zero-order valence-corrected chi connectivity index (χ0v) is 14.9. The summed E-state index contributed by atoms with van der Waals surface area (Å²) < 4.78 is 5.48. The van der Waals surface area contributed by atoms with Crippen molar-refractivity contribution in [1.29, 1.82) is 0 Å². The van der Waals surface area contributed by atoms with Gasteiger partial charge in [0.2, 0.25) is 5.91 Å². The minimum Gasteiger partial charge on any atom is -0.375 e. The van der Waals surface area contributed by atoms with Gasteiger partial charge in [-0.2, -0.15) is 0 Å². The lowest BCUT2D eigenvalue weighted by atomic mass is 10.1. The van der Waals surface area contributed by atoms with E-state index in [-0.39, 0.29) is 48.9 Å². The summed E-state index contributed by atoms with van der Waals surface area (Å²) >= 11 is 1.64. The summed E-state index contributed by atoms with van der Waals surface area (Å²) in [5.74, 6) is -0.0225. The molecule has 5 nitrogen and oxygen atoms in total. The fourth-order valence-electron chi connectivity index (χ4n) is 2.09. The highest BCUT2D eigenvalue weighted by Crippen LogP contribution is 2.17. The minimum absolute atomic E-state index is 0. The van der Waals surface area contributed by atoms with Crippen LogP contribution in [0.25, 0.3) is 0 Å². The molecule has 0 saturated carbocycles. The molecular weight excluding hydrogens is 333 g/mol. The Balaban J connectivity index is 0.00000200. The first-order valence-electron chi connectivity index (χ1n) is 6.71. The predicted molar refractivity (Wildman–Crippen MR) is 89.8 cm³/mol. The number of thiazole rings is 1. The summed E-state index contributed by atoms with van der Waals surface area (Å²) in [6.45, 7) is 7.33. The van der Waals surface area contributed by atoms with Crippen LogP contribution in [0.5, 0.6) is 0 Å². The van der Waals surface area contributed by atoms with Crippen LogP contribution in [-0.4, -0.2) is 36.2 Å². The molecule has 2 rings (SSSR count). The van der Waals surface area contributed by atoms with E-state index in [0.717, 1.165) is 17.1 Å². The van der Waals surface area contributed by atoms with Gasteiger partial charge in [-0.15, -0.1) is 36.2 Å². The molecule has 2 N–H and O–H groups in total. The van der Waals surface area contributed by atoms with Crippen LogP contribution in [0.4, 0.5) is 0 Å². The second-order valence-corrected chi connectivity index (χ2v) is 5.70. The average molecular weight is 356 g/mol. The van der Waals surface area contributed by atoms with Gasteiger partial charge in [0, 0.05) is 11.9 Å². The van der Waals surface area contributed by atoms with Crippen LogP contribution in [0.2, 0.25) is 0 Å². The lowest BCUT2D eigenvalue weighted by Gasteiger charge is -2.30. The number of ether oxygens (including phenoxy) is 1. The van der Waals surface area contributed by atoms with Gasteiger partial charge in [-0.25, -0.2) is 4.98 Å².